The molecule has 0 aliphatic carbocycles. The van der Waals surface area contributed by atoms with E-state index in [-0.39, 0.29) is 0 Å². The fourth-order valence-corrected chi connectivity index (χ4v) is 1.21. The third-order valence-corrected chi connectivity index (χ3v) is 2.43. The van der Waals surface area contributed by atoms with Gasteiger partial charge in [0, 0.05) is 0 Å². The molecule has 0 saturated heterocycles. The lowest BCUT2D eigenvalue weighted by atomic mass is 10.1. The quantitative estimate of drug-likeness (QED) is 0.773. The van der Waals surface area contributed by atoms with E-state index in [4.69, 9.17) is 0 Å². The predicted octanol–water partition coefficient (Wildman–Crippen LogP) is 3.68. The van der Waals surface area contributed by atoms with Crippen LogP contribution >= 0.6 is 0 Å². The summed E-state index contributed by atoms with van der Waals surface area (Å²) in [6.07, 6.45) is -1.78. The lowest BCUT2D eigenvalue weighted by Crippen LogP contribution is -2.17. The number of ether oxygens (including phenoxy) is 1. The molecule has 0 spiro atoms. The van der Waals surface area contributed by atoms with Crippen LogP contribution in [0, 0.1) is 5.92 Å². The van der Waals surface area contributed by atoms with Crippen LogP contribution in [0.15, 0.2) is 30.3 Å². The van der Waals surface area contributed by atoms with Gasteiger partial charge in [0.05, 0.1) is 18.6 Å². The smallest absolute Gasteiger partial charge is 0.394 e. The molecule has 0 unspecified atom stereocenters. The first-order chi connectivity index (χ1) is 8.34. The minimum absolute atomic E-state index is 0.360. The Morgan fingerprint density at radius 1 is 1.28 bits per heavy atom. The highest BCUT2D eigenvalue weighted by Crippen LogP contribution is 2.27. The topological polar surface area (TPSA) is 26.3 Å². The second-order valence-corrected chi connectivity index (χ2v) is 3.80. The summed E-state index contributed by atoms with van der Waals surface area (Å²) in [7, 11) is 1.27. The van der Waals surface area contributed by atoms with Gasteiger partial charge in [-0.15, -0.1) is 0 Å². The van der Waals surface area contributed by atoms with Crippen LogP contribution in [0.4, 0.5) is 13.2 Å². The third-order valence-electron chi connectivity index (χ3n) is 2.43. The van der Waals surface area contributed by atoms with Gasteiger partial charge in [-0.05, 0) is 17.7 Å². The maximum absolute atomic E-state index is 12.3. The minimum atomic E-state index is -4.23. The summed E-state index contributed by atoms with van der Waals surface area (Å²) in [5.41, 5.74) is 0.956. The van der Waals surface area contributed by atoms with Gasteiger partial charge in [0.2, 0.25) is 0 Å². The molecule has 0 radical (unpaired) electrons. The highest BCUT2D eigenvalue weighted by Gasteiger charge is 2.33. The summed E-state index contributed by atoms with van der Waals surface area (Å²) in [6, 6.07) is 6.13. The molecular weight excluding hydrogens is 245 g/mol. The molecule has 0 aliphatic rings. The van der Waals surface area contributed by atoms with Crippen molar-refractivity contribution in [2.24, 2.45) is 5.92 Å². The predicted molar refractivity (Wildman–Crippen MR) is 62.0 cm³/mol. The molecule has 0 bridgehead atoms. The number of alkyl halides is 3. The molecule has 1 aromatic carbocycles. The van der Waals surface area contributed by atoms with Gasteiger partial charge in [0.25, 0.3) is 0 Å². The Hall–Kier alpha value is -1.78. The van der Waals surface area contributed by atoms with Crippen LogP contribution in [0.5, 0.6) is 0 Å². The van der Waals surface area contributed by atoms with E-state index in [9.17, 15) is 18.0 Å². The van der Waals surface area contributed by atoms with Gasteiger partial charge >= 0.3 is 12.1 Å². The largest absolute Gasteiger partial charge is 0.465 e. The molecule has 0 saturated carbocycles. The van der Waals surface area contributed by atoms with E-state index in [0.29, 0.717) is 11.1 Å². The summed E-state index contributed by atoms with van der Waals surface area (Å²) >= 11 is 0. The summed E-state index contributed by atoms with van der Waals surface area (Å²) < 4.78 is 41.3. The maximum atomic E-state index is 12.3. The molecule has 0 aromatic heterocycles. The number of allylic oxidation sites excluding steroid dienone is 1. The second kappa shape index (κ2) is 5.71. The van der Waals surface area contributed by atoms with Crippen molar-refractivity contribution >= 4 is 12.0 Å². The van der Waals surface area contributed by atoms with Crippen molar-refractivity contribution in [3.05, 3.63) is 41.5 Å². The lowest BCUT2D eigenvalue weighted by Gasteiger charge is -2.10. The van der Waals surface area contributed by atoms with Crippen LogP contribution < -0.4 is 0 Å². The van der Waals surface area contributed by atoms with E-state index in [1.54, 1.807) is 12.1 Å². The SMILES string of the molecule is COC(=O)c1ccc(/C=C\[C@H](C)C(F)(F)F)cc1. The number of methoxy groups -OCH3 is 1. The van der Waals surface area contributed by atoms with E-state index < -0.39 is 18.1 Å². The summed E-state index contributed by atoms with van der Waals surface area (Å²) in [6.45, 7) is 1.08. The van der Waals surface area contributed by atoms with Crippen molar-refractivity contribution in [1.29, 1.82) is 0 Å². The Morgan fingerprint density at radius 2 is 1.83 bits per heavy atom. The average molecular weight is 258 g/mol. The third kappa shape index (κ3) is 3.91. The first-order valence-electron chi connectivity index (χ1n) is 5.28. The molecule has 0 N–H and O–H groups in total. The van der Waals surface area contributed by atoms with Crippen molar-refractivity contribution in [2.75, 3.05) is 7.11 Å². The molecule has 0 fully saturated rings. The first-order valence-corrected chi connectivity index (χ1v) is 5.28. The number of hydrogen-bond acceptors (Lipinski definition) is 2. The van der Waals surface area contributed by atoms with Crippen molar-refractivity contribution < 1.29 is 22.7 Å². The Bertz CT molecular complexity index is 433. The van der Waals surface area contributed by atoms with Crippen molar-refractivity contribution in [3.8, 4) is 0 Å². The molecular formula is C13H13F3O2. The second-order valence-electron chi connectivity index (χ2n) is 3.80. The van der Waals surface area contributed by atoms with Gasteiger partial charge in [-0.2, -0.15) is 13.2 Å². The van der Waals surface area contributed by atoms with E-state index in [1.165, 1.54) is 25.3 Å². The van der Waals surface area contributed by atoms with Gasteiger partial charge in [-0.3, -0.25) is 0 Å². The number of carbonyl (C=O) groups excluding carboxylic acids is 1. The Balaban J connectivity index is 2.75. The van der Waals surface area contributed by atoms with Gasteiger partial charge in [0.1, 0.15) is 0 Å². The fourth-order valence-electron chi connectivity index (χ4n) is 1.21. The molecule has 1 rings (SSSR count). The average Bonchev–Trinajstić information content (AvgIpc) is 2.34. The Morgan fingerprint density at radius 3 is 2.28 bits per heavy atom. The van der Waals surface area contributed by atoms with Crippen LogP contribution in [-0.2, 0) is 4.74 Å². The monoisotopic (exact) mass is 258 g/mol. The zero-order chi connectivity index (χ0) is 13.8. The molecule has 0 amide bonds. The molecule has 5 heteroatoms. The normalized spacial score (nSPS) is 13.6. The standard InChI is InChI=1S/C13H13F3O2/c1-9(13(14,15)16)3-4-10-5-7-11(8-6-10)12(17)18-2/h3-9H,1-2H3/b4-3-/t9-/m0/s1. The highest BCUT2D eigenvalue weighted by atomic mass is 19.4. The first kappa shape index (κ1) is 14.3. The molecule has 98 valence electrons. The number of esters is 1. The van der Waals surface area contributed by atoms with E-state index in [0.717, 1.165) is 13.0 Å². The van der Waals surface area contributed by atoms with Crippen molar-refractivity contribution in [1.82, 2.24) is 0 Å². The van der Waals surface area contributed by atoms with Crippen LogP contribution in [0.1, 0.15) is 22.8 Å². The van der Waals surface area contributed by atoms with Gasteiger partial charge in [-0.1, -0.05) is 31.2 Å². The summed E-state index contributed by atoms with van der Waals surface area (Å²) in [5.74, 6) is -1.98. The van der Waals surface area contributed by atoms with Crippen LogP contribution in [0.3, 0.4) is 0 Å². The fraction of sp³-hybridized carbons (Fsp3) is 0.308. The summed E-state index contributed by atoms with van der Waals surface area (Å²) in [5, 5.41) is 0. The van der Waals surface area contributed by atoms with Crippen molar-refractivity contribution in [2.45, 2.75) is 13.1 Å². The van der Waals surface area contributed by atoms with Crippen LogP contribution in [0.2, 0.25) is 0 Å². The molecule has 1 atom stereocenters. The van der Waals surface area contributed by atoms with Gasteiger partial charge < -0.3 is 4.74 Å². The number of carbonyl (C=O) groups is 1. The van der Waals surface area contributed by atoms with Crippen molar-refractivity contribution in [3.63, 3.8) is 0 Å². The van der Waals surface area contributed by atoms with E-state index >= 15 is 0 Å². The number of hydrogen-bond donors (Lipinski definition) is 0. The van der Waals surface area contributed by atoms with Crippen LogP contribution in [0.25, 0.3) is 6.08 Å². The Kier molecular flexibility index (Phi) is 4.53. The van der Waals surface area contributed by atoms with E-state index in [1.807, 2.05) is 0 Å². The molecule has 0 aliphatic heterocycles. The highest BCUT2D eigenvalue weighted by molar-refractivity contribution is 5.89. The Labute approximate surface area is 103 Å². The number of rotatable bonds is 3. The molecule has 0 heterocycles. The van der Waals surface area contributed by atoms with Crippen LogP contribution in [-0.4, -0.2) is 19.3 Å². The van der Waals surface area contributed by atoms with Gasteiger partial charge in [0.15, 0.2) is 0 Å². The molecule has 18 heavy (non-hydrogen) atoms. The summed E-state index contributed by atoms with van der Waals surface area (Å²) in [4.78, 5) is 11.1. The van der Waals surface area contributed by atoms with Gasteiger partial charge in [-0.25, -0.2) is 4.79 Å². The van der Waals surface area contributed by atoms with E-state index in [2.05, 4.69) is 4.74 Å². The number of benzene rings is 1. The molecule has 2 nitrogen and oxygen atoms in total. The molecule has 1 aromatic rings. The zero-order valence-electron chi connectivity index (χ0n) is 9.99. The lowest BCUT2D eigenvalue weighted by molar-refractivity contribution is -0.156. The zero-order valence-corrected chi connectivity index (χ0v) is 9.99. The maximum Gasteiger partial charge on any atom is 0.394 e. The number of halogens is 3. The minimum Gasteiger partial charge on any atom is -0.465 e.